The van der Waals surface area contributed by atoms with Crippen LogP contribution in [-0.2, 0) is 0 Å². The lowest BCUT2D eigenvalue weighted by atomic mass is 10.1. The van der Waals surface area contributed by atoms with Crippen LogP contribution < -0.4 is 4.74 Å². The first-order chi connectivity index (χ1) is 11.1. The number of benzene rings is 1. The molecule has 0 spiro atoms. The van der Waals surface area contributed by atoms with Gasteiger partial charge in [-0.15, -0.1) is 5.10 Å². The molecule has 0 unspecified atom stereocenters. The number of ether oxygens (including phenoxy) is 1. The SMILES string of the molecule is COc1ccc(-n2nc(C(=O)O)nc2-c2ccc(C)cc2)cn1. The molecule has 2 heterocycles. The van der Waals surface area contributed by atoms with Gasteiger partial charge in [-0.2, -0.15) is 0 Å². The first-order valence-corrected chi connectivity index (χ1v) is 6.86. The number of aromatic carboxylic acids is 1. The summed E-state index contributed by atoms with van der Waals surface area (Å²) in [5.74, 6) is -0.548. The number of aromatic nitrogens is 4. The first kappa shape index (κ1) is 14.7. The second-order valence-corrected chi connectivity index (χ2v) is 4.90. The summed E-state index contributed by atoms with van der Waals surface area (Å²) >= 11 is 0. The quantitative estimate of drug-likeness (QED) is 0.795. The summed E-state index contributed by atoms with van der Waals surface area (Å²) in [4.78, 5) is 19.4. The summed E-state index contributed by atoms with van der Waals surface area (Å²) in [5, 5.41) is 13.2. The minimum atomic E-state index is -1.18. The second kappa shape index (κ2) is 5.88. The van der Waals surface area contributed by atoms with Crippen molar-refractivity contribution in [3.05, 3.63) is 54.0 Å². The minimum absolute atomic E-state index is 0.267. The number of nitrogens with zero attached hydrogens (tertiary/aromatic N) is 4. The van der Waals surface area contributed by atoms with Gasteiger partial charge in [-0.3, -0.25) is 0 Å². The summed E-state index contributed by atoms with van der Waals surface area (Å²) < 4.78 is 6.48. The molecule has 7 nitrogen and oxygen atoms in total. The van der Waals surface area contributed by atoms with Crippen molar-refractivity contribution in [3.8, 4) is 23.0 Å². The van der Waals surface area contributed by atoms with E-state index in [1.165, 1.54) is 11.8 Å². The standard InChI is InChI=1S/C16H14N4O3/c1-10-3-5-11(6-4-10)15-18-14(16(21)22)19-20(15)12-7-8-13(23-2)17-9-12/h3-9H,1-2H3,(H,21,22). The monoisotopic (exact) mass is 310 g/mol. The second-order valence-electron chi connectivity index (χ2n) is 4.90. The minimum Gasteiger partial charge on any atom is -0.481 e. The fourth-order valence-electron chi connectivity index (χ4n) is 2.09. The molecule has 3 aromatic rings. The highest BCUT2D eigenvalue weighted by molar-refractivity contribution is 5.84. The van der Waals surface area contributed by atoms with Crippen molar-refractivity contribution in [1.29, 1.82) is 0 Å². The Labute approximate surface area is 132 Å². The number of pyridine rings is 1. The molecule has 0 fully saturated rings. The molecule has 0 bridgehead atoms. The highest BCUT2D eigenvalue weighted by Crippen LogP contribution is 2.22. The van der Waals surface area contributed by atoms with E-state index >= 15 is 0 Å². The number of hydrogen-bond acceptors (Lipinski definition) is 5. The van der Waals surface area contributed by atoms with Crippen molar-refractivity contribution in [2.45, 2.75) is 6.92 Å². The van der Waals surface area contributed by atoms with Gasteiger partial charge in [0.2, 0.25) is 5.88 Å². The number of aryl methyl sites for hydroxylation is 1. The molecule has 0 aliphatic heterocycles. The number of carbonyl (C=O) groups is 1. The molecule has 0 atom stereocenters. The molecule has 0 aliphatic carbocycles. The number of carboxylic acids is 1. The third-order valence-electron chi connectivity index (χ3n) is 3.28. The number of methoxy groups -OCH3 is 1. The Morgan fingerprint density at radius 3 is 2.48 bits per heavy atom. The molecular formula is C16H14N4O3. The predicted molar refractivity (Wildman–Crippen MR) is 82.8 cm³/mol. The van der Waals surface area contributed by atoms with Crippen LogP contribution in [0.1, 0.15) is 16.2 Å². The summed E-state index contributed by atoms with van der Waals surface area (Å²) in [6.45, 7) is 1.98. The molecule has 0 amide bonds. The fraction of sp³-hybridized carbons (Fsp3) is 0.125. The molecule has 0 saturated carbocycles. The molecule has 23 heavy (non-hydrogen) atoms. The predicted octanol–water partition coefficient (Wildman–Crippen LogP) is 2.34. The van der Waals surface area contributed by atoms with Crippen molar-refractivity contribution < 1.29 is 14.6 Å². The van der Waals surface area contributed by atoms with Crippen molar-refractivity contribution in [2.24, 2.45) is 0 Å². The van der Waals surface area contributed by atoms with Crippen LogP contribution in [0.15, 0.2) is 42.6 Å². The largest absolute Gasteiger partial charge is 0.481 e. The molecular weight excluding hydrogens is 296 g/mol. The average Bonchev–Trinajstić information content (AvgIpc) is 3.01. The van der Waals surface area contributed by atoms with E-state index in [1.54, 1.807) is 18.3 Å². The molecule has 7 heteroatoms. The van der Waals surface area contributed by atoms with Gasteiger partial charge in [-0.25, -0.2) is 19.4 Å². The van der Waals surface area contributed by atoms with Gasteiger partial charge >= 0.3 is 5.97 Å². The van der Waals surface area contributed by atoms with Gasteiger partial charge in [0.1, 0.15) is 0 Å². The third-order valence-corrected chi connectivity index (χ3v) is 3.28. The highest BCUT2D eigenvalue weighted by atomic mass is 16.5. The number of rotatable bonds is 4. The summed E-state index contributed by atoms with van der Waals surface area (Å²) in [7, 11) is 1.53. The maximum atomic E-state index is 11.2. The normalized spacial score (nSPS) is 10.5. The van der Waals surface area contributed by atoms with E-state index in [1.807, 2.05) is 31.2 Å². The number of hydrogen-bond donors (Lipinski definition) is 1. The summed E-state index contributed by atoms with van der Waals surface area (Å²) in [5.41, 5.74) is 2.47. The van der Waals surface area contributed by atoms with E-state index in [9.17, 15) is 4.79 Å². The highest BCUT2D eigenvalue weighted by Gasteiger charge is 2.18. The van der Waals surface area contributed by atoms with Crippen LogP contribution in [-0.4, -0.2) is 37.9 Å². The average molecular weight is 310 g/mol. The Bertz CT molecular complexity index is 839. The lowest BCUT2D eigenvalue weighted by molar-refractivity contribution is 0.0683. The van der Waals surface area contributed by atoms with Crippen LogP contribution in [0.5, 0.6) is 5.88 Å². The Morgan fingerprint density at radius 2 is 1.91 bits per heavy atom. The van der Waals surface area contributed by atoms with E-state index < -0.39 is 5.97 Å². The van der Waals surface area contributed by atoms with Crippen LogP contribution in [0.3, 0.4) is 0 Å². The molecule has 1 N–H and O–H groups in total. The van der Waals surface area contributed by atoms with Crippen molar-refractivity contribution in [2.75, 3.05) is 7.11 Å². The van der Waals surface area contributed by atoms with Crippen molar-refractivity contribution in [3.63, 3.8) is 0 Å². The van der Waals surface area contributed by atoms with Crippen LogP contribution >= 0.6 is 0 Å². The van der Waals surface area contributed by atoms with Crippen LogP contribution in [0, 0.1) is 6.92 Å². The lowest BCUT2D eigenvalue weighted by Crippen LogP contribution is -2.03. The van der Waals surface area contributed by atoms with Crippen LogP contribution in [0.25, 0.3) is 17.1 Å². The fourth-order valence-corrected chi connectivity index (χ4v) is 2.09. The van der Waals surface area contributed by atoms with Crippen LogP contribution in [0.4, 0.5) is 0 Å². The molecule has 0 aliphatic rings. The Balaban J connectivity index is 2.13. The topological polar surface area (TPSA) is 90.1 Å². The zero-order chi connectivity index (χ0) is 16.4. The van der Waals surface area contributed by atoms with Gasteiger partial charge in [0.25, 0.3) is 5.82 Å². The first-order valence-electron chi connectivity index (χ1n) is 6.86. The zero-order valence-corrected chi connectivity index (χ0v) is 12.6. The van der Waals surface area contributed by atoms with E-state index in [2.05, 4.69) is 15.1 Å². The smallest absolute Gasteiger partial charge is 0.375 e. The van der Waals surface area contributed by atoms with Gasteiger partial charge in [-0.05, 0) is 13.0 Å². The van der Waals surface area contributed by atoms with Crippen LogP contribution in [0.2, 0.25) is 0 Å². The Kier molecular flexibility index (Phi) is 3.76. The number of carboxylic acid groups (broad SMARTS) is 1. The summed E-state index contributed by atoms with van der Waals surface area (Å²) in [6, 6.07) is 11.0. The Hall–Kier alpha value is -3.22. The van der Waals surface area contributed by atoms with E-state index in [-0.39, 0.29) is 5.82 Å². The zero-order valence-electron chi connectivity index (χ0n) is 12.6. The van der Waals surface area contributed by atoms with E-state index in [0.717, 1.165) is 11.1 Å². The molecule has 3 rings (SSSR count). The van der Waals surface area contributed by atoms with Crippen molar-refractivity contribution >= 4 is 5.97 Å². The van der Waals surface area contributed by atoms with Gasteiger partial charge in [-0.1, -0.05) is 29.8 Å². The van der Waals surface area contributed by atoms with Gasteiger partial charge in [0.15, 0.2) is 5.82 Å². The van der Waals surface area contributed by atoms with E-state index in [0.29, 0.717) is 17.4 Å². The van der Waals surface area contributed by atoms with Gasteiger partial charge < -0.3 is 9.84 Å². The molecule has 2 aromatic heterocycles. The third kappa shape index (κ3) is 2.89. The molecule has 116 valence electrons. The summed E-state index contributed by atoms with van der Waals surface area (Å²) in [6.07, 6.45) is 1.55. The molecule has 1 aromatic carbocycles. The lowest BCUT2D eigenvalue weighted by Gasteiger charge is -2.06. The molecule has 0 saturated heterocycles. The van der Waals surface area contributed by atoms with Crippen molar-refractivity contribution in [1.82, 2.24) is 19.7 Å². The van der Waals surface area contributed by atoms with Gasteiger partial charge in [0.05, 0.1) is 19.0 Å². The maximum Gasteiger partial charge on any atom is 0.375 e. The maximum absolute atomic E-state index is 11.2. The van der Waals surface area contributed by atoms with Gasteiger partial charge in [0, 0.05) is 11.6 Å². The van der Waals surface area contributed by atoms with E-state index in [4.69, 9.17) is 9.84 Å². The molecule has 0 radical (unpaired) electrons. The Morgan fingerprint density at radius 1 is 1.17 bits per heavy atom.